The number of aromatic nitrogens is 3. The van der Waals surface area contributed by atoms with Crippen molar-refractivity contribution in [2.75, 3.05) is 26.2 Å². The van der Waals surface area contributed by atoms with Crippen LogP contribution in [0.15, 0.2) is 123 Å². The topological polar surface area (TPSA) is 243 Å². The maximum absolute atomic E-state index is 12.2. The number of rotatable bonds is 12. The Morgan fingerprint density at radius 1 is 0.449 bits per heavy atom. The van der Waals surface area contributed by atoms with Crippen molar-refractivity contribution >= 4 is 35.5 Å². The van der Waals surface area contributed by atoms with Crippen molar-refractivity contribution in [3.8, 4) is 34.0 Å². The van der Waals surface area contributed by atoms with Crippen LogP contribution in [0.1, 0.15) is 82.8 Å². The average molecular weight is 937 g/mol. The van der Waals surface area contributed by atoms with Crippen LogP contribution in [0.25, 0.3) is 34.0 Å². The predicted molar refractivity (Wildman–Crippen MR) is 248 cm³/mol. The molecular formula is C51H52N8O10. The van der Waals surface area contributed by atoms with Gasteiger partial charge < -0.3 is 44.4 Å². The first-order chi connectivity index (χ1) is 33.5. The van der Waals surface area contributed by atoms with Crippen LogP contribution in [0.2, 0.25) is 0 Å². The summed E-state index contributed by atoms with van der Waals surface area (Å²) >= 11 is 0. The zero-order valence-electron chi connectivity index (χ0n) is 37.7. The Morgan fingerprint density at radius 2 is 0.739 bits per heavy atom. The number of carboxylic acid groups (broad SMARTS) is 1. The van der Waals surface area contributed by atoms with Crippen LogP contribution in [-0.4, -0.2) is 110 Å². The van der Waals surface area contributed by atoms with Crippen LogP contribution in [0.4, 0.5) is 0 Å². The summed E-state index contributed by atoms with van der Waals surface area (Å²) in [6.45, 7) is 3.53. The standard InChI is InChI=1S/2C18H19N3O3.C15H14N2O4/c2*22-17(15-11-16(24-20-15)12-5-2-1-3-6-12)19-14-9-13(10-14)18(23)21-7-4-8-21;18-14(16-11-6-10(7-11)15(19)20)12-8-13(21-17-12)9-4-2-1-3-5-9/h2*1-3,5-6,11,13-14H,4,7-10H2,(H,19,22);1-5,8,10-11H,6-7H2,(H,16,18)(H,19,20). The summed E-state index contributed by atoms with van der Waals surface area (Å²) in [6, 6.07) is 33.3. The molecule has 2 saturated heterocycles. The number of aliphatic carboxylic acids is 1. The van der Waals surface area contributed by atoms with Crippen LogP contribution in [0.3, 0.4) is 0 Å². The number of hydrogen-bond donors (Lipinski definition) is 4. The van der Waals surface area contributed by atoms with Crippen LogP contribution in [0.5, 0.6) is 0 Å². The van der Waals surface area contributed by atoms with Crippen molar-refractivity contribution < 1.29 is 47.4 Å². The third-order valence-corrected chi connectivity index (χ3v) is 13.2. The fourth-order valence-electron chi connectivity index (χ4n) is 8.54. The van der Waals surface area contributed by atoms with Gasteiger partial charge in [0.05, 0.1) is 5.92 Å². The van der Waals surface area contributed by atoms with Gasteiger partial charge in [-0.2, -0.15) is 0 Å². The van der Waals surface area contributed by atoms with E-state index in [2.05, 4.69) is 31.4 Å². The lowest BCUT2D eigenvalue weighted by molar-refractivity contribution is -0.145. The Balaban J connectivity index is 0.000000129. The molecule has 0 atom stereocenters. The number of carboxylic acids is 1. The zero-order valence-corrected chi connectivity index (χ0v) is 37.7. The second-order valence-corrected chi connectivity index (χ2v) is 18.0. The van der Waals surface area contributed by atoms with E-state index in [0.717, 1.165) is 55.7 Å². The molecule has 0 radical (unpaired) electrons. The average Bonchev–Trinajstić information content (AvgIpc) is 4.10. The molecule has 3 aromatic heterocycles. The van der Waals surface area contributed by atoms with Gasteiger partial charge in [0, 0.05) is 91.0 Å². The number of carbonyl (C=O) groups is 6. The lowest BCUT2D eigenvalue weighted by Crippen LogP contribution is -2.53. The molecule has 3 aromatic carbocycles. The van der Waals surface area contributed by atoms with E-state index in [9.17, 15) is 28.8 Å². The highest BCUT2D eigenvalue weighted by Crippen LogP contribution is 2.33. The molecule has 0 spiro atoms. The first-order valence-corrected chi connectivity index (χ1v) is 23.3. The zero-order chi connectivity index (χ0) is 47.9. The van der Waals surface area contributed by atoms with E-state index >= 15 is 0 Å². The van der Waals surface area contributed by atoms with Crippen LogP contribution < -0.4 is 16.0 Å². The summed E-state index contributed by atoms with van der Waals surface area (Å²) in [7, 11) is 0. The summed E-state index contributed by atoms with van der Waals surface area (Å²) in [5.41, 5.74) is 3.35. The molecule has 18 nitrogen and oxygen atoms in total. The molecule has 3 saturated carbocycles. The van der Waals surface area contributed by atoms with E-state index in [0.29, 0.717) is 55.8 Å². The van der Waals surface area contributed by atoms with Gasteiger partial charge in [0.15, 0.2) is 34.4 Å². The summed E-state index contributed by atoms with van der Waals surface area (Å²) in [5, 5.41) is 28.8. The van der Waals surface area contributed by atoms with Crippen LogP contribution in [-0.2, 0) is 14.4 Å². The molecule has 5 aliphatic rings. The molecule has 0 bridgehead atoms. The molecule has 5 fully saturated rings. The number of nitrogens with one attached hydrogen (secondary N) is 3. The molecule has 18 heteroatoms. The summed E-state index contributed by atoms with van der Waals surface area (Å²) in [5.74, 6) is 0.259. The Bertz CT molecular complexity index is 2620. The van der Waals surface area contributed by atoms with Gasteiger partial charge in [-0.25, -0.2) is 0 Å². The van der Waals surface area contributed by atoms with Gasteiger partial charge in [-0.3, -0.25) is 28.8 Å². The Morgan fingerprint density at radius 3 is 1.00 bits per heavy atom. The fraction of sp³-hybridized carbons (Fsp3) is 0.353. The highest BCUT2D eigenvalue weighted by molar-refractivity contribution is 5.95. The van der Waals surface area contributed by atoms with Crippen LogP contribution >= 0.6 is 0 Å². The van der Waals surface area contributed by atoms with Crippen LogP contribution in [0, 0.1) is 17.8 Å². The van der Waals surface area contributed by atoms with Gasteiger partial charge in [0.1, 0.15) is 0 Å². The van der Waals surface area contributed by atoms with Crippen molar-refractivity contribution in [2.45, 2.75) is 69.5 Å². The molecule has 3 aliphatic carbocycles. The Hall–Kier alpha value is -7.89. The van der Waals surface area contributed by atoms with E-state index in [1.807, 2.05) is 101 Å². The van der Waals surface area contributed by atoms with Crippen molar-refractivity contribution in [3.63, 3.8) is 0 Å². The minimum Gasteiger partial charge on any atom is -0.481 e. The highest BCUT2D eigenvalue weighted by atomic mass is 16.5. The molecule has 2 aliphatic heterocycles. The lowest BCUT2D eigenvalue weighted by Gasteiger charge is -2.40. The Labute approximate surface area is 396 Å². The van der Waals surface area contributed by atoms with Gasteiger partial charge in [0.25, 0.3) is 17.7 Å². The SMILES string of the molecule is O=C(NC1CC(C(=O)N2CCC2)C1)c1cc(-c2ccccc2)on1.O=C(NC1CC(C(=O)N2CCC2)C1)c1cc(-c2ccccc2)on1.O=C(NC1CC(C(=O)O)C1)c1cc(-c2ccccc2)on1. The largest absolute Gasteiger partial charge is 0.481 e. The summed E-state index contributed by atoms with van der Waals surface area (Å²) in [4.78, 5) is 75.1. The minimum atomic E-state index is -0.812. The second kappa shape index (κ2) is 21.0. The van der Waals surface area contributed by atoms with Gasteiger partial charge >= 0.3 is 5.97 Å². The third kappa shape index (κ3) is 11.1. The van der Waals surface area contributed by atoms with Crippen molar-refractivity contribution in [3.05, 3.63) is 126 Å². The number of carbonyl (C=O) groups excluding carboxylic acids is 5. The second-order valence-electron chi connectivity index (χ2n) is 18.0. The van der Waals surface area contributed by atoms with Crippen molar-refractivity contribution in [1.29, 1.82) is 0 Å². The third-order valence-electron chi connectivity index (χ3n) is 13.2. The fourth-order valence-corrected chi connectivity index (χ4v) is 8.54. The van der Waals surface area contributed by atoms with E-state index in [1.54, 1.807) is 18.2 Å². The summed E-state index contributed by atoms with van der Waals surface area (Å²) < 4.78 is 15.7. The maximum atomic E-state index is 12.2. The lowest BCUT2D eigenvalue weighted by atomic mass is 9.78. The van der Waals surface area contributed by atoms with Gasteiger partial charge in [-0.05, 0) is 51.4 Å². The molecule has 0 unspecified atom stereocenters. The van der Waals surface area contributed by atoms with Crippen molar-refractivity contribution in [2.24, 2.45) is 17.8 Å². The van der Waals surface area contributed by atoms with Gasteiger partial charge in [-0.1, -0.05) is 106 Å². The molecular weight excluding hydrogens is 885 g/mol. The molecule has 356 valence electrons. The van der Waals surface area contributed by atoms with E-state index < -0.39 is 5.97 Å². The van der Waals surface area contributed by atoms with E-state index in [-0.39, 0.29) is 82.5 Å². The Kier molecular flexibility index (Phi) is 14.0. The molecule has 69 heavy (non-hydrogen) atoms. The van der Waals surface area contributed by atoms with Gasteiger partial charge in [-0.15, -0.1) is 0 Å². The smallest absolute Gasteiger partial charge is 0.306 e. The molecule has 6 aromatic rings. The maximum Gasteiger partial charge on any atom is 0.306 e. The monoisotopic (exact) mass is 936 g/mol. The van der Waals surface area contributed by atoms with Crippen molar-refractivity contribution in [1.82, 2.24) is 41.2 Å². The molecule has 5 amide bonds. The quantitative estimate of drug-likeness (QED) is 0.109. The van der Waals surface area contributed by atoms with Gasteiger partial charge in [0.2, 0.25) is 11.8 Å². The number of benzene rings is 3. The highest BCUT2D eigenvalue weighted by Gasteiger charge is 2.41. The minimum absolute atomic E-state index is 0.0459. The van der Waals surface area contributed by atoms with E-state index in [4.69, 9.17) is 18.7 Å². The normalized spacial score (nSPS) is 21.9. The number of nitrogens with zero attached hydrogens (tertiary/aromatic N) is 5. The molecule has 5 heterocycles. The number of likely N-dealkylation sites (tertiary alicyclic amines) is 2. The molecule has 11 rings (SSSR count). The van der Waals surface area contributed by atoms with E-state index in [1.165, 1.54) is 0 Å². The first kappa shape index (κ1) is 46.2. The first-order valence-electron chi connectivity index (χ1n) is 23.3. The predicted octanol–water partition coefficient (Wildman–Crippen LogP) is 6.10. The number of hydrogen-bond acceptors (Lipinski definition) is 12. The number of amides is 5. The summed E-state index contributed by atoms with van der Waals surface area (Å²) in [6.07, 6.45) is 5.99. The molecule has 4 N–H and O–H groups in total.